The van der Waals surface area contributed by atoms with Crippen molar-refractivity contribution in [3.63, 3.8) is 0 Å². The molecule has 0 unspecified atom stereocenters. The molecule has 0 saturated heterocycles. The third-order valence-corrected chi connectivity index (χ3v) is 3.93. The van der Waals surface area contributed by atoms with Crippen molar-refractivity contribution in [1.29, 1.82) is 0 Å². The first kappa shape index (κ1) is 20.2. The summed E-state index contributed by atoms with van der Waals surface area (Å²) in [5.41, 5.74) is 0.0826. The summed E-state index contributed by atoms with van der Waals surface area (Å²) >= 11 is 0. The second kappa shape index (κ2) is 7.84. The Hall–Kier alpha value is -0.814. The fourth-order valence-corrected chi connectivity index (χ4v) is 2.75. The molecule has 118 valence electrons. The van der Waals surface area contributed by atoms with E-state index in [1.807, 2.05) is 0 Å². The van der Waals surface area contributed by atoms with Crippen molar-refractivity contribution >= 4 is 84.2 Å². The minimum atomic E-state index is -4.60. The zero-order chi connectivity index (χ0) is 16.5. The molecule has 1 N–H and O–H groups in total. The molecule has 23 heavy (non-hydrogen) atoms. The summed E-state index contributed by atoms with van der Waals surface area (Å²) in [5, 5.41) is 0.446. The van der Waals surface area contributed by atoms with E-state index in [1.165, 1.54) is 31.4 Å². The maximum atomic E-state index is 11.6. The van der Waals surface area contributed by atoms with Gasteiger partial charge in [0.15, 0.2) is 0 Å². The summed E-state index contributed by atoms with van der Waals surface area (Å²) in [6.07, 6.45) is 0. The Bertz CT molecular complexity index is 874. The Morgan fingerprint density at radius 2 is 1.52 bits per heavy atom. The number of rotatable bonds is 3. The Morgan fingerprint density at radius 1 is 0.957 bits per heavy atom. The van der Waals surface area contributed by atoms with Crippen LogP contribution in [0.5, 0.6) is 0 Å². The third-order valence-electron chi connectivity index (χ3n) is 3.04. The molecule has 0 radical (unpaired) electrons. The Balaban J connectivity index is 0.00000264. The van der Waals surface area contributed by atoms with Crippen LogP contribution in [0.25, 0.3) is 10.8 Å². The van der Waals surface area contributed by atoms with E-state index < -0.39 is 27.0 Å². The van der Waals surface area contributed by atoms with Gasteiger partial charge in [0.05, 0.1) is 25.3 Å². The van der Waals surface area contributed by atoms with Gasteiger partial charge in [0.2, 0.25) is 0 Å². The number of carbonyl (C=O) groups is 2. The SMILES string of the molecule is COC(=O)c1cc(S(=O)(=O)O)c2cc(C(=O)OC)ccc2c1.[KH]. The monoisotopic (exact) mass is 364 g/mol. The number of hydrogen-bond acceptors (Lipinski definition) is 6. The van der Waals surface area contributed by atoms with Gasteiger partial charge >= 0.3 is 63.3 Å². The van der Waals surface area contributed by atoms with Crippen LogP contribution >= 0.6 is 0 Å². The van der Waals surface area contributed by atoms with Gasteiger partial charge in [-0.2, -0.15) is 8.42 Å². The molecule has 0 saturated carbocycles. The molecule has 0 amide bonds. The summed E-state index contributed by atoms with van der Waals surface area (Å²) in [6, 6.07) is 6.53. The molecule has 7 nitrogen and oxygen atoms in total. The number of fused-ring (bicyclic) bond motifs is 1. The molecule has 0 aromatic heterocycles. The summed E-state index contributed by atoms with van der Waals surface area (Å²) in [6.45, 7) is 0. The Morgan fingerprint density at radius 3 is 2.04 bits per heavy atom. The topological polar surface area (TPSA) is 107 Å². The van der Waals surface area contributed by atoms with E-state index in [2.05, 4.69) is 9.47 Å². The van der Waals surface area contributed by atoms with E-state index in [-0.39, 0.29) is 67.9 Å². The van der Waals surface area contributed by atoms with E-state index in [0.29, 0.717) is 5.39 Å². The molecule has 9 heteroatoms. The van der Waals surface area contributed by atoms with Crippen molar-refractivity contribution in [2.75, 3.05) is 14.2 Å². The van der Waals surface area contributed by atoms with Crippen molar-refractivity contribution in [3.8, 4) is 0 Å². The first-order valence-corrected chi connectivity index (χ1v) is 7.44. The van der Waals surface area contributed by atoms with E-state index in [0.717, 1.165) is 13.2 Å². The first-order valence-electron chi connectivity index (χ1n) is 6.00. The average Bonchev–Trinajstić information content (AvgIpc) is 2.50. The number of methoxy groups -OCH3 is 2. The van der Waals surface area contributed by atoms with Crippen LogP contribution in [0.15, 0.2) is 35.2 Å². The van der Waals surface area contributed by atoms with Crippen LogP contribution in [-0.2, 0) is 19.6 Å². The zero-order valence-corrected chi connectivity index (χ0v) is 12.5. The van der Waals surface area contributed by atoms with Gasteiger partial charge in [-0.3, -0.25) is 4.55 Å². The summed E-state index contributed by atoms with van der Waals surface area (Å²) in [4.78, 5) is 22.6. The molecular weight excluding hydrogens is 351 g/mol. The molecule has 2 aromatic carbocycles. The van der Waals surface area contributed by atoms with E-state index >= 15 is 0 Å². The molecule has 0 aliphatic heterocycles. The van der Waals surface area contributed by atoms with Crippen molar-refractivity contribution in [1.82, 2.24) is 0 Å². The molecular formula is C14H13KO7S. The van der Waals surface area contributed by atoms with Gasteiger partial charge in [-0.1, -0.05) is 6.07 Å². The van der Waals surface area contributed by atoms with Gasteiger partial charge in [0.1, 0.15) is 4.90 Å². The first-order chi connectivity index (χ1) is 10.3. The van der Waals surface area contributed by atoms with Crippen molar-refractivity contribution in [3.05, 3.63) is 41.5 Å². The summed E-state index contributed by atoms with van der Waals surface area (Å²) in [7, 11) is -2.26. The third kappa shape index (κ3) is 4.38. The van der Waals surface area contributed by atoms with Crippen LogP contribution in [0.2, 0.25) is 0 Å². The van der Waals surface area contributed by atoms with Crippen LogP contribution < -0.4 is 0 Å². The minimum absolute atomic E-state index is 0. The van der Waals surface area contributed by atoms with E-state index in [9.17, 15) is 22.6 Å². The normalized spacial score (nSPS) is 10.7. The molecule has 0 spiro atoms. The molecule has 0 heterocycles. The Kier molecular flexibility index (Phi) is 6.90. The van der Waals surface area contributed by atoms with Crippen molar-refractivity contribution in [2.24, 2.45) is 0 Å². The standard InChI is InChI=1S/C14H12O7S.K.H/c1-20-13(15)9-4-3-8-5-10(14(16)21-2)7-12(11(8)6-9)22(17,18)19;;/h3-7H,1-2H3,(H,17,18,19);;. The van der Waals surface area contributed by atoms with Crippen molar-refractivity contribution in [2.45, 2.75) is 4.90 Å². The molecule has 2 rings (SSSR count). The van der Waals surface area contributed by atoms with Crippen LogP contribution in [0.1, 0.15) is 20.7 Å². The number of esters is 2. The number of ether oxygens (including phenoxy) is 2. The molecule has 2 aromatic rings. The predicted octanol–water partition coefficient (Wildman–Crippen LogP) is 1.01. The van der Waals surface area contributed by atoms with Gasteiger partial charge in [0, 0.05) is 5.39 Å². The number of benzene rings is 2. The van der Waals surface area contributed by atoms with Gasteiger partial charge in [0.25, 0.3) is 10.1 Å². The fraction of sp³-hybridized carbons (Fsp3) is 0.143. The van der Waals surface area contributed by atoms with Crippen LogP contribution in [0.3, 0.4) is 0 Å². The van der Waals surface area contributed by atoms with Gasteiger partial charge in [-0.15, -0.1) is 0 Å². The zero-order valence-electron chi connectivity index (χ0n) is 11.7. The van der Waals surface area contributed by atoms with E-state index in [1.54, 1.807) is 0 Å². The van der Waals surface area contributed by atoms with Gasteiger partial charge < -0.3 is 9.47 Å². The second-order valence-corrected chi connectivity index (χ2v) is 5.76. The number of carbonyl (C=O) groups excluding carboxylic acids is 2. The van der Waals surface area contributed by atoms with Crippen molar-refractivity contribution < 1.29 is 32.0 Å². The molecule has 0 aliphatic carbocycles. The maximum absolute atomic E-state index is 11.6. The Labute approximate surface area is 175 Å². The summed E-state index contributed by atoms with van der Waals surface area (Å²) in [5.74, 6) is -1.40. The summed E-state index contributed by atoms with van der Waals surface area (Å²) < 4.78 is 41.6. The van der Waals surface area contributed by atoms with E-state index in [4.69, 9.17) is 0 Å². The van der Waals surface area contributed by atoms with Crippen LogP contribution in [-0.4, -0.2) is 90.5 Å². The predicted molar refractivity (Wildman–Crippen MR) is 83.6 cm³/mol. The average molecular weight is 364 g/mol. The molecule has 0 fully saturated rings. The van der Waals surface area contributed by atoms with Crippen LogP contribution in [0, 0.1) is 0 Å². The second-order valence-electron chi connectivity index (χ2n) is 4.37. The quantitative estimate of drug-likeness (QED) is 0.492. The van der Waals surface area contributed by atoms with Crippen LogP contribution in [0.4, 0.5) is 0 Å². The molecule has 0 aliphatic rings. The fourth-order valence-electron chi connectivity index (χ4n) is 2.02. The van der Waals surface area contributed by atoms with Gasteiger partial charge in [-0.05, 0) is 29.7 Å². The molecule has 0 atom stereocenters. The molecule has 0 bridgehead atoms. The van der Waals surface area contributed by atoms with Gasteiger partial charge in [-0.25, -0.2) is 9.59 Å². The number of hydrogen-bond donors (Lipinski definition) is 1.